The van der Waals surface area contributed by atoms with Gasteiger partial charge in [0.1, 0.15) is 18.1 Å². The highest BCUT2D eigenvalue weighted by atomic mass is 16.7. The van der Waals surface area contributed by atoms with Gasteiger partial charge in [0.15, 0.2) is 17.7 Å². The fraction of sp³-hybridized carbons (Fsp3) is 0.919. The Morgan fingerprint density at radius 2 is 1.74 bits per heavy atom. The van der Waals surface area contributed by atoms with E-state index in [4.69, 9.17) is 23.7 Å². The molecule has 0 aromatic carbocycles. The van der Waals surface area contributed by atoms with Crippen molar-refractivity contribution in [1.82, 2.24) is 20.0 Å². The van der Waals surface area contributed by atoms with E-state index in [9.17, 15) is 19.5 Å². The Kier molecular flexibility index (Phi) is 13.4. The molecule has 1 aliphatic carbocycles. The number of ketones is 1. The number of aliphatic hydroxyl groups is 1. The summed E-state index contributed by atoms with van der Waals surface area (Å²) in [6, 6.07) is -0.361. The van der Waals surface area contributed by atoms with Crippen LogP contribution in [0.5, 0.6) is 0 Å². The largest absolute Gasteiger partial charge is 0.458 e. The molecule has 50 heavy (non-hydrogen) atoms. The molecular formula is C37H66N4O9. The van der Waals surface area contributed by atoms with Crippen molar-refractivity contribution in [1.29, 1.82) is 0 Å². The average Bonchev–Trinajstić information content (AvgIpc) is 3.34. The van der Waals surface area contributed by atoms with Gasteiger partial charge < -0.3 is 48.8 Å². The molecule has 3 saturated heterocycles. The van der Waals surface area contributed by atoms with Crippen molar-refractivity contribution >= 4 is 17.8 Å². The first kappa shape index (κ1) is 40.9. The zero-order chi connectivity index (χ0) is 37.3. The van der Waals surface area contributed by atoms with E-state index in [1.165, 1.54) is 19.3 Å². The van der Waals surface area contributed by atoms with Crippen LogP contribution in [0.2, 0.25) is 0 Å². The highest BCUT2D eigenvalue weighted by Gasteiger charge is 2.56. The SMILES string of the molecule is CC[C@H]1OC(=O)C(C)C(=O)[C@H](C)[C@@H](O[C@@H]2O[C@H](CN(C)C3CCC3)CC(N(C)C)C2O)[C@](C)(OC)C[C@@H](C)CN(C)[C@H](C)[C@H]2NC(=O)O[C@@]21C. The summed E-state index contributed by atoms with van der Waals surface area (Å²) < 4.78 is 31.5. The van der Waals surface area contributed by atoms with Crippen molar-refractivity contribution in [2.24, 2.45) is 17.8 Å². The van der Waals surface area contributed by atoms with Crippen LogP contribution >= 0.6 is 0 Å². The Hall–Kier alpha value is -1.87. The molecule has 1 amide bonds. The van der Waals surface area contributed by atoms with Crippen molar-refractivity contribution in [2.75, 3.05) is 48.4 Å². The van der Waals surface area contributed by atoms with Crippen LogP contribution in [0.25, 0.3) is 0 Å². The average molecular weight is 711 g/mol. The monoisotopic (exact) mass is 710 g/mol. The molecule has 4 aliphatic rings. The molecule has 0 aromatic rings. The summed E-state index contributed by atoms with van der Waals surface area (Å²) in [4.78, 5) is 47.2. The molecule has 0 radical (unpaired) electrons. The number of hydrogen-bond acceptors (Lipinski definition) is 12. The minimum absolute atomic E-state index is 0.0445. The van der Waals surface area contributed by atoms with Gasteiger partial charge in [-0.25, -0.2) is 4.79 Å². The number of ether oxygens (including phenoxy) is 5. The number of cyclic esters (lactones) is 1. The number of nitrogens with zero attached hydrogens (tertiary/aromatic N) is 3. The molecule has 288 valence electrons. The minimum atomic E-state index is -1.15. The number of aliphatic hydroxyl groups excluding tert-OH is 1. The predicted molar refractivity (Wildman–Crippen MR) is 189 cm³/mol. The van der Waals surface area contributed by atoms with E-state index in [0.717, 1.165) is 0 Å². The third-order valence-corrected chi connectivity index (χ3v) is 12.4. The summed E-state index contributed by atoms with van der Waals surface area (Å²) in [5.41, 5.74) is -2.17. The van der Waals surface area contributed by atoms with E-state index in [1.54, 1.807) is 27.9 Å². The highest BCUT2D eigenvalue weighted by molar-refractivity contribution is 6.00. The molecule has 4 rings (SSSR count). The summed E-state index contributed by atoms with van der Waals surface area (Å²) in [7, 11) is 9.62. The third kappa shape index (κ3) is 8.50. The van der Waals surface area contributed by atoms with Gasteiger partial charge in [-0.1, -0.05) is 27.2 Å². The molecule has 0 spiro atoms. The number of methoxy groups -OCH3 is 1. The Labute approximate surface area is 300 Å². The third-order valence-electron chi connectivity index (χ3n) is 12.4. The smallest absolute Gasteiger partial charge is 0.408 e. The number of esters is 1. The lowest BCUT2D eigenvalue weighted by Gasteiger charge is -2.48. The second-order valence-corrected chi connectivity index (χ2v) is 16.4. The molecule has 2 N–H and O–H groups in total. The summed E-state index contributed by atoms with van der Waals surface area (Å²) in [5.74, 6) is -3.00. The zero-order valence-electron chi connectivity index (χ0n) is 32.6. The van der Waals surface area contributed by atoms with Crippen molar-refractivity contribution < 1.29 is 43.2 Å². The van der Waals surface area contributed by atoms with Gasteiger partial charge >= 0.3 is 12.1 Å². The van der Waals surface area contributed by atoms with Crippen LogP contribution in [0.15, 0.2) is 0 Å². The number of carbonyl (C=O) groups is 3. The summed E-state index contributed by atoms with van der Waals surface area (Å²) in [5, 5.41) is 14.6. The maximum absolute atomic E-state index is 14.3. The number of rotatable bonds is 8. The van der Waals surface area contributed by atoms with Crippen molar-refractivity contribution in [3.63, 3.8) is 0 Å². The zero-order valence-corrected chi connectivity index (χ0v) is 32.6. The number of nitrogens with one attached hydrogen (secondary N) is 1. The van der Waals surface area contributed by atoms with Crippen LogP contribution in [0.4, 0.5) is 4.79 Å². The van der Waals surface area contributed by atoms with Gasteiger partial charge in [0.2, 0.25) is 0 Å². The molecule has 13 atom stereocenters. The fourth-order valence-electron chi connectivity index (χ4n) is 8.82. The lowest BCUT2D eigenvalue weighted by atomic mass is 9.78. The molecule has 1 saturated carbocycles. The van der Waals surface area contributed by atoms with Gasteiger partial charge in [-0.15, -0.1) is 0 Å². The van der Waals surface area contributed by atoms with Crippen LogP contribution in [-0.2, 0) is 33.3 Å². The Bertz CT molecular complexity index is 1190. The number of alkyl carbamates (subject to hydrolysis) is 1. The first-order valence-corrected chi connectivity index (χ1v) is 18.7. The number of likely N-dealkylation sites (N-methyl/N-ethyl adjacent to an activating group) is 3. The van der Waals surface area contributed by atoms with Crippen molar-refractivity contribution in [2.45, 2.75) is 153 Å². The summed E-state index contributed by atoms with van der Waals surface area (Å²) in [6.07, 6.45) is 0.654. The molecule has 0 bridgehead atoms. The van der Waals surface area contributed by atoms with E-state index in [2.05, 4.69) is 29.1 Å². The normalized spacial score (nSPS) is 43.0. The lowest BCUT2D eigenvalue weighted by molar-refractivity contribution is -0.299. The maximum atomic E-state index is 14.3. The Balaban J connectivity index is 1.70. The van der Waals surface area contributed by atoms with Gasteiger partial charge in [0.25, 0.3) is 0 Å². The number of fused-ring (bicyclic) bond motifs is 1. The quantitative estimate of drug-likeness (QED) is 0.283. The molecular weight excluding hydrogens is 644 g/mol. The number of carbonyl (C=O) groups excluding carboxylic acids is 3. The lowest BCUT2D eigenvalue weighted by Crippen LogP contribution is -2.60. The van der Waals surface area contributed by atoms with Gasteiger partial charge in [-0.3, -0.25) is 9.59 Å². The number of amides is 1. The van der Waals surface area contributed by atoms with E-state index in [1.807, 2.05) is 46.8 Å². The highest BCUT2D eigenvalue weighted by Crippen LogP contribution is 2.39. The number of hydrogen-bond donors (Lipinski definition) is 2. The molecule has 13 nitrogen and oxygen atoms in total. The van der Waals surface area contributed by atoms with Crippen LogP contribution in [-0.4, -0.2) is 152 Å². The summed E-state index contributed by atoms with van der Waals surface area (Å²) in [6.45, 7) is 14.4. The maximum Gasteiger partial charge on any atom is 0.408 e. The van der Waals surface area contributed by atoms with Crippen LogP contribution in [0.1, 0.15) is 87.0 Å². The molecule has 3 heterocycles. The molecule has 4 fully saturated rings. The van der Waals surface area contributed by atoms with Gasteiger partial charge in [-0.05, 0) is 93.9 Å². The van der Waals surface area contributed by atoms with Crippen LogP contribution in [0, 0.1) is 17.8 Å². The van der Waals surface area contributed by atoms with Crippen LogP contribution in [0.3, 0.4) is 0 Å². The number of Topliss-reactive ketones (excluding diaryl/α,β-unsaturated/α-hetero) is 1. The van der Waals surface area contributed by atoms with E-state index >= 15 is 0 Å². The molecule has 13 heteroatoms. The predicted octanol–water partition coefficient (Wildman–Crippen LogP) is 3.06. The Morgan fingerprint density at radius 1 is 1.08 bits per heavy atom. The van der Waals surface area contributed by atoms with Gasteiger partial charge in [0.05, 0.1) is 23.9 Å². The molecule has 3 aliphatic heterocycles. The first-order valence-electron chi connectivity index (χ1n) is 18.7. The van der Waals surface area contributed by atoms with Gasteiger partial charge in [0, 0.05) is 44.2 Å². The minimum Gasteiger partial charge on any atom is -0.458 e. The fourth-order valence-corrected chi connectivity index (χ4v) is 8.82. The second-order valence-electron chi connectivity index (χ2n) is 16.4. The standard InChI is InChI=1S/C37H66N4O9/c1-13-28-37(7)31(38-35(45)50-37)24(5)40(10)19-21(2)18-36(6,46-12)32(22(3)29(42)23(4)33(44)48-28)49-34-30(43)27(39(8)9)17-26(47-34)20-41(11)25-15-14-16-25/h21-28,30-32,34,43H,13-20H2,1-12H3,(H,38,45)/t21-,22+,23?,24-,26+,27?,28-,30?,31-,32-,34+,36-,37-/m1/s1. The molecule has 3 unspecified atom stereocenters. The topological polar surface area (TPSA) is 139 Å². The van der Waals surface area contributed by atoms with E-state index < -0.39 is 65.7 Å². The van der Waals surface area contributed by atoms with Crippen molar-refractivity contribution in [3.05, 3.63) is 0 Å². The van der Waals surface area contributed by atoms with E-state index in [-0.39, 0.29) is 29.9 Å². The van der Waals surface area contributed by atoms with Crippen LogP contribution < -0.4 is 5.32 Å². The second kappa shape index (κ2) is 16.4. The molecule has 0 aromatic heterocycles. The summed E-state index contributed by atoms with van der Waals surface area (Å²) >= 11 is 0. The van der Waals surface area contributed by atoms with Gasteiger partial charge in [-0.2, -0.15) is 0 Å². The van der Waals surface area contributed by atoms with E-state index in [0.29, 0.717) is 38.4 Å². The van der Waals surface area contributed by atoms with Crippen molar-refractivity contribution in [3.8, 4) is 0 Å². The first-order chi connectivity index (χ1) is 23.4. The Morgan fingerprint density at radius 3 is 2.30 bits per heavy atom.